The summed E-state index contributed by atoms with van der Waals surface area (Å²) in [5, 5.41) is 11.9. The molecule has 0 spiro atoms. The Morgan fingerprint density at radius 3 is 2.84 bits per heavy atom. The largest absolute Gasteiger partial charge is 0.458 e. The van der Waals surface area contributed by atoms with Crippen LogP contribution in [0.3, 0.4) is 0 Å². The second-order valence-electron chi connectivity index (χ2n) is 8.00. The van der Waals surface area contributed by atoms with Gasteiger partial charge in [0, 0.05) is 16.5 Å². The van der Waals surface area contributed by atoms with Gasteiger partial charge >= 0.3 is 5.97 Å². The zero-order chi connectivity index (χ0) is 21.9. The monoisotopic (exact) mass is 416 g/mol. The lowest BCUT2D eigenvalue weighted by molar-refractivity contribution is -0.172. The van der Waals surface area contributed by atoms with Crippen molar-refractivity contribution < 1.29 is 19.4 Å². The number of nitrogens with zero attached hydrogens (tertiary/aromatic N) is 2. The molecule has 5 rings (SSSR count). The molecule has 31 heavy (non-hydrogen) atoms. The Morgan fingerprint density at radius 2 is 2.10 bits per heavy atom. The number of hydrogen-bond acceptors (Lipinski definition) is 6. The Hall–Kier alpha value is -3.58. The quantitative estimate of drug-likeness (QED) is 0.407. The smallest absolute Gasteiger partial charge is 0.343 e. The summed E-state index contributed by atoms with van der Waals surface area (Å²) in [4.78, 5) is 41.5. The van der Waals surface area contributed by atoms with E-state index < -0.39 is 11.6 Å². The highest BCUT2D eigenvalue weighted by Gasteiger charge is 2.45. The Kier molecular flexibility index (Phi) is 4.20. The van der Waals surface area contributed by atoms with Crippen LogP contribution in [0.25, 0.3) is 28.4 Å². The number of esters is 1. The van der Waals surface area contributed by atoms with Crippen LogP contribution in [0, 0.1) is 0 Å². The predicted molar refractivity (Wildman–Crippen MR) is 114 cm³/mol. The second kappa shape index (κ2) is 6.72. The molecule has 2 aromatic heterocycles. The number of cyclic esters (lactones) is 1. The summed E-state index contributed by atoms with van der Waals surface area (Å²) >= 11 is 0. The maximum Gasteiger partial charge on any atom is 0.343 e. The van der Waals surface area contributed by atoms with Crippen molar-refractivity contribution in [3.8, 4) is 11.4 Å². The zero-order valence-electron chi connectivity index (χ0n) is 17.1. The van der Waals surface area contributed by atoms with Gasteiger partial charge in [-0.3, -0.25) is 9.59 Å². The first-order chi connectivity index (χ1) is 14.8. The molecule has 0 saturated heterocycles. The van der Waals surface area contributed by atoms with Gasteiger partial charge in [0.2, 0.25) is 0 Å². The first-order valence-electron chi connectivity index (χ1n) is 10.1. The minimum absolute atomic E-state index is 0.0398. The fourth-order valence-corrected chi connectivity index (χ4v) is 4.31. The van der Waals surface area contributed by atoms with Gasteiger partial charge in [0.25, 0.3) is 5.56 Å². The summed E-state index contributed by atoms with van der Waals surface area (Å²) in [7, 11) is 0. The third-order valence-electron chi connectivity index (χ3n) is 6.05. The van der Waals surface area contributed by atoms with Crippen LogP contribution < -0.4 is 5.56 Å². The molecule has 7 nitrogen and oxygen atoms in total. The SMILES string of the molecule is CC[C@@]1(O)C(=O)OCc2c1cc1n(c2=O)Cc2cc3ccc(C=CC(C)=O)cc3nc2-1. The van der Waals surface area contributed by atoms with Crippen molar-refractivity contribution in [2.24, 2.45) is 0 Å². The summed E-state index contributed by atoms with van der Waals surface area (Å²) in [6.07, 6.45) is 3.34. The van der Waals surface area contributed by atoms with Crippen molar-refractivity contribution in [1.29, 1.82) is 0 Å². The Morgan fingerprint density at radius 1 is 1.29 bits per heavy atom. The van der Waals surface area contributed by atoms with E-state index in [1.807, 2.05) is 24.3 Å². The van der Waals surface area contributed by atoms with Gasteiger partial charge in [0.1, 0.15) is 6.61 Å². The fraction of sp³-hybridized carbons (Fsp3) is 0.250. The second-order valence-corrected chi connectivity index (χ2v) is 8.00. The van der Waals surface area contributed by atoms with Crippen LogP contribution in [0.15, 0.2) is 41.2 Å². The number of benzene rings is 1. The van der Waals surface area contributed by atoms with Crippen molar-refractivity contribution in [3.05, 3.63) is 69.0 Å². The number of ketones is 1. The number of aliphatic hydroxyl groups is 1. The van der Waals surface area contributed by atoms with E-state index in [0.29, 0.717) is 29.1 Å². The van der Waals surface area contributed by atoms with Crippen LogP contribution in [-0.2, 0) is 33.1 Å². The molecule has 0 amide bonds. The van der Waals surface area contributed by atoms with Crippen LogP contribution in [0.2, 0.25) is 0 Å². The summed E-state index contributed by atoms with van der Waals surface area (Å²) in [5.41, 5.74) is 2.19. The van der Waals surface area contributed by atoms with Crippen LogP contribution in [0.4, 0.5) is 0 Å². The number of pyridine rings is 2. The van der Waals surface area contributed by atoms with Crippen molar-refractivity contribution in [2.45, 2.75) is 39.0 Å². The maximum absolute atomic E-state index is 13.2. The Balaban J connectivity index is 1.70. The number of allylic oxidation sites excluding steroid dienone is 1. The minimum Gasteiger partial charge on any atom is -0.458 e. The highest BCUT2D eigenvalue weighted by Crippen LogP contribution is 2.38. The van der Waals surface area contributed by atoms with Gasteiger partial charge in [-0.15, -0.1) is 0 Å². The van der Waals surface area contributed by atoms with Crippen LogP contribution in [0.1, 0.15) is 42.5 Å². The molecule has 0 bridgehead atoms. The van der Waals surface area contributed by atoms with Gasteiger partial charge in [-0.1, -0.05) is 25.1 Å². The first-order valence-corrected chi connectivity index (χ1v) is 10.1. The normalized spacial score (nSPS) is 19.3. The van der Waals surface area contributed by atoms with E-state index in [9.17, 15) is 19.5 Å². The minimum atomic E-state index is -1.84. The van der Waals surface area contributed by atoms with Crippen molar-refractivity contribution in [1.82, 2.24) is 9.55 Å². The van der Waals surface area contributed by atoms with Gasteiger partial charge in [-0.2, -0.15) is 0 Å². The van der Waals surface area contributed by atoms with Crippen LogP contribution in [-0.4, -0.2) is 26.4 Å². The molecule has 0 radical (unpaired) electrons. The molecule has 7 heteroatoms. The van der Waals surface area contributed by atoms with E-state index in [0.717, 1.165) is 22.0 Å². The van der Waals surface area contributed by atoms with Gasteiger partial charge in [0.05, 0.1) is 29.0 Å². The molecule has 1 atom stereocenters. The Labute approximate surface area is 177 Å². The number of fused-ring (bicyclic) bond motifs is 5. The van der Waals surface area contributed by atoms with Gasteiger partial charge in [0.15, 0.2) is 11.4 Å². The zero-order valence-corrected chi connectivity index (χ0v) is 17.1. The lowest BCUT2D eigenvalue weighted by Crippen LogP contribution is -2.44. The van der Waals surface area contributed by atoms with Crippen molar-refractivity contribution in [3.63, 3.8) is 0 Å². The number of hydrogen-bond donors (Lipinski definition) is 1. The van der Waals surface area contributed by atoms with Gasteiger partial charge in [-0.05, 0) is 43.2 Å². The van der Waals surface area contributed by atoms with Crippen LogP contribution >= 0.6 is 0 Å². The fourth-order valence-electron chi connectivity index (χ4n) is 4.31. The van der Waals surface area contributed by atoms with E-state index in [4.69, 9.17) is 9.72 Å². The molecule has 0 aliphatic carbocycles. The Bertz CT molecular complexity index is 1380. The van der Waals surface area contributed by atoms with Gasteiger partial charge in [-0.25, -0.2) is 9.78 Å². The molecule has 0 fully saturated rings. The number of carbonyl (C=O) groups excluding carboxylic acids is 2. The summed E-state index contributed by atoms with van der Waals surface area (Å²) in [6, 6.07) is 9.42. The standard InChI is InChI=1S/C24H20N2O5/c1-3-24(30)18-10-20-21-16(11-26(20)22(28)17(18)12-31-23(24)29)9-15-7-6-14(5-4-13(2)27)8-19(15)25-21/h4-10,30H,3,11-12H2,1-2H3/t24-/m0/s1. The van der Waals surface area contributed by atoms with Crippen molar-refractivity contribution in [2.75, 3.05) is 0 Å². The average molecular weight is 416 g/mol. The number of ether oxygens (including phenoxy) is 1. The lowest BCUT2D eigenvalue weighted by Gasteiger charge is -2.31. The molecule has 1 aromatic carbocycles. The van der Waals surface area contributed by atoms with E-state index in [2.05, 4.69) is 0 Å². The molecule has 0 unspecified atom stereocenters. The molecule has 2 aliphatic rings. The van der Waals surface area contributed by atoms with E-state index in [1.165, 1.54) is 13.0 Å². The highest BCUT2D eigenvalue weighted by molar-refractivity contribution is 5.93. The van der Waals surface area contributed by atoms with Crippen molar-refractivity contribution >= 4 is 28.7 Å². The third-order valence-corrected chi connectivity index (χ3v) is 6.05. The highest BCUT2D eigenvalue weighted by atomic mass is 16.6. The molecule has 0 saturated carbocycles. The molecule has 156 valence electrons. The average Bonchev–Trinajstić information content (AvgIpc) is 3.11. The lowest BCUT2D eigenvalue weighted by atomic mass is 9.86. The van der Waals surface area contributed by atoms with E-state index in [-0.39, 0.29) is 24.4 Å². The van der Waals surface area contributed by atoms with Crippen LogP contribution in [0.5, 0.6) is 0 Å². The van der Waals surface area contributed by atoms with E-state index >= 15 is 0 Å². The summed E-state index contributed by atoms with van der Waals surface area (Å²) < 4.78 is 6.71. The summed E-state index contributed by atoms with van der Waals surface area (Å²) in [6.45, 7) is 3.39. The number of carbonyl (C=O) groups is 2. The maximum atomic E-state index is 13.2. The molecule has 1 N–H and O–H groups in total. The molecular weight excluding hydrogens is 396 g/mol. The topological polar surface area (TPSA) is 98.5 Å². The van der Waals surface area contributed by atoms with E-state index in [1.54, 1.807) is 23.6 Å². The number of aromatic nitrogens is 2. The molecule has 4 heterocycles. The molecule has 3 aromatic rings. The number of rotatable bonds is 3. The third kappa shape index (κ3) is 2.84. The summed E-state index contributed by atoms with van der Waals surface area (Å²) in [5.74, 6) is -0.777. The predicted octanol–water partition coefficient (Wildman–Crippen LogP) is 2.68. The molecule has 2 aliphatic heterocycles. The van der Waals surface area contributed by atoms with Gasteiger partial charge < -0.3 is 14.4 Å². The first kappa shape index (κ1) is 19.4. The molecular formula is C24H20N2O5.